The Labute approximate surface area is 469 Å². The molecule has 10 aliphatic rings. The van der Waals surface area contributed by atoms with Crippen molar-refractivity contribution in [3.8, 4) is 0 Å². The lowest BCUT2D eigenvalue weighted by atomic mass is 9.80. The van der Waals surface area contributed by atoms with E-state index in [1.54, 1.807) is 0 Å². The molecule has 0 radical (unpaired) electrons. The van der Waals surface area contributed by atoms with Crippen LogP contribution in [0, 0.1) is 38.1 Å². The van der Waals surface area contributed by atoms with Crippen molar-refractivity contribution in [2.75, 3.05) is 19.8 Å². The fourth-order valence-corrected chi connectivity index (χ4v) is 13.5. The van der Waals surface area contributed by atoms with Gasteiger partial charge in [-0.2, -0.15) is 0 Å². The minimum absolute atomic E-state index is 0. The van der Waals surface area contributed by atoms with Gasteiger partial charge in [0, 0.05) is 90.9 Å². The lowest BCUT2D eigenvalue weighted by molar-refractivity contribution is -0.190. The molecule has 438 valence electrons. The minimum Gasteiger partial charge on any atom is -0.394 e. The van der Waals surface area contributed by atoms with Gasteiger partial charge in [0.2, 0.25) is 24.2 Å². The molecule has 2 unspecified atom stereocenters. The number of aliphatic hydroxyl groups excluding tert-OH is 3. The molecule has 0 saturated carbocycles. The molecule has 24 atom stereocenters. The first-order valence-corrected chi connectivity index (χ1v) is 28.6. The zero-order valence-corrected chi connectivity index (χ0v) is 46.5. The Morgan fingerprint density at radius 1 is 0.603 bits per heavy atom. The van der Waals surface area contributed by atoms with Crippen LogP contribution in [0.3, 0.4) is 0 Å². The normalized spacial score (nSPS) is 42.4. The average molecular weight is 1090 g/mol. The SMILES string of the molecule is C.C.[C-]#[N+][C@H](C)C[C@H]1CC[C@@H]2O[C@@H]([C@H](C)C=C)C[C@]2(C=C)O1.[C-]#[N+][C@H](C)C[C@H]1CC[C@@H]2O[C@@H]([C@H](O)CO)C[C@]2(CO)O1.[C-]#[N+][C@H](C)C[C@H]1CC[C@@H]2O[C@@H]3C[C@]2(C=CC3C)O1.[C-]#[N+][C@H](C)C[C@H]1CC[C@@H]2O[C@@H]3C[C@]2(COC3C)O1. The maximum Gasteiger partial charge on any atom is 0.223 e. The molecule has 10 rings (SSSR count). The van der Waals surface area contributed by atoms with Gasteiger partial charge < -0.3 is 77.3 Å². The monoisotopic (exact) mass is 1090 g/mol. The van der Waals surface area contributed by atoms with Crippen LogP contribution in [0.25, 0.3) is 19.4 Å². The molecule has 9 heterocycles. The van der Waals surface area contributed by atoms with Gasteiger partial charge in [0.05, 0.1) is 99.2 Å². The van der Waals surface area contributed by atoms with Crippen LogP contribution in [0.15, 0.2) is 37.5 Å². The van der Waals surface area contributed by atoms with E-state index in [2.05, 4.69) is 65.5 Å². The van der Waals surface area contributed by atoms with E-state index in [4.69, 9.17) is 74.0 Å². The Hall–Kier alpha value is -3.30. The quantitative estimate of drug-likeness (QED) is 0.112. The summed E-state index contributed by atoms with van der Waals surface area (Å²) in [5.74, 6) is 0.826. The van der Waals surface area contributed by atoms with Gasteiger partial charge in [-0.3, -0.25) is 0 Å². The summed E-state index contributed by atoms with van der Waals surface area (Å²) in [5.41, 5.74) is -1.57. The van der Waals surface area contributed by atoms with Crippen LogP contribution in [0.2, 0.25) is 0 Å². The van der Waals surface area contributed by atoms with E-state index in [1.807, 2.05) is 39.8 Å². The van der Waals surface area contributed by atoms with Crippen LogP contribution >= 0.6 is 0 Å². The van der Waals surface area contributed by atoms with Gasteiger partial charge in [-0.1, -0.05) is 53.0 Å². The molecule has 9 fully saturated rings. The first-order valence-electron chi connectivity index (χ1n) is 28.6. The third kappa shape index (κ3) is 14.8. The molecule has 3 N–H and O–H groups in total. The van der Waals surface area contributed by atoms with Crippen LogP contribution in [-0.4, -0.2) is 167 Å². The van der Waals surface area contributed by atoms with E-state index in [-0.39, 0.29) is 136 Å². The van der Waals surface area contributed by atoms with Crippen LogP contribution in [0.1, 0.15) is 166 Å². The van der Waals surface area contributed by atoms with E-state index < -0.39 is 17.8 Å². The Morgan fingerprint density at radius 2 is 1.12 bits per heavy atom. The Morgan fingerprint density at radius 3 is 1.67 bits per heavy atom. The van der Waals surface area contributed by atoms with Gasteiger partial charge in [-0.05, 0) is 58.3 Å². The van der Waals surface area contributed by atoms with Crippen LogP contribution in [-0.2, 0) is 42.6 Å². The largest absolute Gasteiger partial charge is 0.394 e. The predicted octanol–water partition coefficient (Wildman–Crippen LogP) is 10.3. The fourth-order valence-electron chi connectivity index (χ4n) is 13.5. The van der Waals surface area contributed by atoms with Crippen molar-refractivity contribution in [1.29, 1.82) is 0 Å². The Balaban J connectivity index is 0.000000190. The minimum atomic E-state index is -0.951. The van der Waals surface area contributed by atoms with Crippen LogP contribution < -0.4 is 0 Å². The molecule has 0 aromatic heterocycles. The molecule has 4 bridgehead atoms. The second kappa shape index (κ2) is 28.6. The zero-order valence-electron chi connectivity index (χ0n) is 46.5. The number of hydrogen-bond donors (Lipinski definition) is 3. The van der Waals surface area contributed by atoms with E-state index >= 15 is 0 Å². The summed E-state index contributed by atoms with van der Waals surface area (Å²) in [4.78, 5) is 14.2. The molecule has 1 aliphatic carbocycles. The molecular formula is C62H98N4O12. The summed E-state index contributed by atoms with van der Waals surface area (Å²) >= 11 is 0. The highest BCUT2D eigenvalue weighted by Crippen LogP contribution is 2.50. The second-order valence-corrected chi connectivity index (χ2v) is 24.1. The van der Waals surface area contributed by atoms with Gasteiger partial charge in [0.1, 0.15) is 28.5 Å². The summed E-state index contributed by atoms with van der Waals surface area (Å²) in [6.45, 7) is 50.4. The molecule has 0 aromatic carbocycles. The summed E-state index contributed by atoms with van der Waals surface area (Å²) in [6.07, 6.45) is 22.5. The van der Waals surface area contributed by atoms with Gasteiger partial charge >= 0.3 is 0 Å². The summed E-state index contributed by atoms with van der Waals surface area (Å²) in [6, 6.07) is 0.0224. The van der Waals surface area contributed by atoms with E-state index in [1.165, 1.54) is 0 Å². The number of hydrogen-bond acceptors (Lipinski definition) is 12. The summed E-state index contributed by atoms with van der Waals surface area (Å²) in [7, 11) is 0. The number of rotatable bonds is 14. The first kappa shape index (κ1) is 65.5. The van der Waals surface area contributed by atoms with E-state index in [0.717, 1.165) is 89.9 Å². The van der Waals surface area contributed by atoms with Crippen LogP contribution in [0.5, 0.6) is 0 Å². The van der Waals surface area contributed by atoms with Crippen molar-refractivity contribution >= 4 is 0 Å². The summed E-state index contributed by atoms with van der Waals surface area (Å²) in [5, 5.41) is 28.5. The lowest BCUT2D eigenvalue weighted by Crippen LogP contribution is -2.53. The number of aliphatic hydroxyl groups is 3. The molecule has 2 spiro atoms. The number of ether oxygens (including phenoxy) is 9. The van der Waals surface area contributed by atoms with Crippen molar-refractivity contribution in [3.63, 3.8) is 0 Å². The lowest BCUT2D eigenvalue weighted by Gasteiger charge is -2.43. The van der Waals surface area contributed by atoms with E-state index in [0.29, 0.717) is 37.4 Å². The van der Waals surface area contributed by atoms with Crippen LogP contribution in [0.4, 0.5) is 0 Å². The maximum absolute atomic E-state index is 9.72. The molecule has 78 heavy (non-hydrogen) atoms. The standard InChI is InChI=1S/C17H25NO2.C15H21NO2.C14H23NO5.C14H21NO3.2CH4/c1-6-12(3)15-11-17(7-2)16(19-15)9-8-14(20-17)10-13(4)18-5;1-10-6-7-15-9-13(10)17-14(15)5-4-12(18-15)8-11(2)16-3;1-9(15-2)5-10-3-4-13-14(8-17,20-10)6-12(19-13)11(18)7-16;1-9(15-3)6-11-4-5-13-14(18-11)7-12(17-13)10(2)16-8-14;;/h6-7,12-16H,1-2,8-11H2,3-4H3;6-7,10-14H,4-5,8-9H2,1-2H3;9-13,16-18H,3-8H2,1H3;9-13H,4-8H2,1-2H3;2*1H4/t12-,13-,14-,15-,16+,17+;10?,11-,12-,13-,14+,15+;9-,10-,11-,12-,13+,14-;9-,10?,11-,12-,13+,14-;;/m1111../s1. The zero-order chi connectivity index (χ0) is 55.0. The summed E-state index contributed by atoms with van der Waals surface area (Å²) < 4.78 is 54.9. The maximum atomic E-state index is 9.72. The molecule has 16 nitrogen and oxygen atoms in total. The Kier molecular flexibility index (Phi) is 24.0. The van der Waals surface area contributed by atoms with E-state index in [9.17, 15) is 10.2 Å². The molecule has 0 amide bonds. The van der Waals surface area contributed by atoms with Crippen molar-refractivity contribution in [1.82, 2.24) is 0 Å². The topological polar surface area (TPSA) is 161 Å². The highest BCUT2D eigenvalue weighted by Gasteiger charge is 2.59. The molecule has 16 heteroatoms. The first-order chi connectivity index (χ1) is 36.3. The third-order valence-corrected chi connectivity index (χ3v) is 18.2. The third-order valence-electron chi connectivity index (χ3n) is 18.2. The fraction of sp³-hybridized carbons (Fsp3) is 0.839. The van der Waals surface area contributed by atoms with Gasteiger partial charge in [-0.25, -0.2) is 26.3 Å². The number of nitrogens with zero attached hydrogens (tertiary/aromatic N) is 4. The number of fused-ring (bicyclic) bond motifs is 4. The predicted molar refractivity (Wildman–Crippen MR) is 300 cm³/mol. The van der Waals surface area contributed by atoms with Gasteiger partial charge in [-0.15, -0.1) is 13.2 Å². The molecule has 0 aromatic rings. The molecule has 9 aliphatic heterocycles. The molecule has 9 saturated heterocycles. The Bertz CT molecular complexity index is 2140. The molecular weight excluding hydrogens is 993 g/mol. The van der Waals surface area contributed by atoms with Gasteiger partial charge in [0.25, 0.3) is 0 Å². The van der Waals surface area contributed by atoms with Crippen molar-refractivity contribution < 1.29 is 58.0 Å². The average Bonchev–Trinajstić information content (AvgIpc) is 4.34. The van der Waals surface area contributed by atoms with Crippen molar-refractivity contribution in [2.24, 2.45) is 11.8 Å². The van der Waals surface area contributed by atoms with Crippen molar-refractivity contribution in [3.05, 3.63) is 83.1 Å². The van der Waals surface area contributed by atoms with Gasteiger partial charge in [0.15, 0.2) is 0 Å². The van der Waals surface area contributed by atoms with Crippen molar-refractivity contribution in [2.45, 2.75) is 298 Å². The second-order valence-electron chi connectivity index (χ2n) is 24.1. The smallest absolute Gasteiger partial charge is 0.223 e. The highest BCUT2D eigenvalue weighted by atomic mass is 16.6. The highest BCUT2D eigenvalue weighted by molar-refractivity contribution is 5.20.